The van der Waals surface area contributed by atoms with Crippen molar-refractivity contribution in [2.24, 2.45) is 0 Å². The maximum absolute atomic E-state index is 13.3. The van der Waals surface area contributed by atoms with Gasteiger partial charge in [0.25, 0.3) is 5.56 Å². The molecule has 9 nitrogen and oxygen atoms in total. The fourth-order valence-electron chi connectivity index (χ4n) is 4.26. The van der Waals surface area contributed by atoms with Crippen molar-refractivity contribution in [3.8, 4) is 5.69 Å². The summed E-state index contributed by atoms with van der Waals surface area (Å²) in [6, 6.07) is 11.9. The monoisotopic (exact) mass is 444 g/mol. The van der Waals surface area contributed by atoms with Crippen LogP contribution in [-0.4, -0.2) is 50.5 Å². The van der Waals surface area contributed by atoms with E-state index in [2.05, 4.69) is 37.7 Å². The fourth-order valence-corrected chi connectivity index (χ4v) is 4.26. The van der Waals surface area contributed by atoms with Crippen molar-refractivity contribution < 1.29 is 0 Å². The van der Waals surface area contributed by atoms with Crippen LogP contribution in [0.3, 0.4) is 0 Å². The molecule has 9 heteroatoms. The van der Waals surface area contributed by atoms with Crippen LogP contribution in [-0.2, 0) is 0 Å². The van der Waals surface area contributed by atoms with Gasteiger partial charge in [-0.05, 0) is 57.2 Å². The number of hydrogen-bond donors (Lipinski definition) is 2. The number of rotatable bonds is 5. The molecule has 3 aromatic heterocycles. The van der Waals surface area contributed by atoms with Gasteiger partial charge in [0.2, 0.25) is 5.95 Å². The van der Waals surface area contributed by atoms with Crippen molar-refractivity contribution in [3.05, 3.63) is 64.8 Å². The third-order valence-corrected chi connectivity index (χ3v) is 5.94. The second-order valence-corrected chi connectivity index (χ2v) is 8.53. The third kappa shape index (κ3) is 4.07. The summed E-state index contributed by atoms with van der Waals surface area (Å²) in [6.45, 7) is 9.92. The molecule has 0 aliphatic carbocycles. The van der Waals surface area contributed by atoms with Gasteiger partial charge in [-0.3, -0.25) is 9.36 Å². The lowest BCUT2D eigenvalue weighted by molar-refractivity contribution is 0.589. The van der Waals surface area contributed by atoms with Gasteiger partial charge in [-0.1, -0.05) is 0 Å². The Morgan fingerprint density at radius 3 is 2.52 bits per heavy atom. The Morgan fingerprint density at radius 1 is 1.09 bits per heavy atom. The van der Waals surface area contributed by atoms with E-state index in [9.17, 15) is 4.79 Å². The first kappa shape index (κ1) is 21.1. The Kier molecular flexibility index (Phi) is 5.55. The van der Waals surface area contributed by atoms with Crippen LogP contribution in [0.4, 0.5) is 17.3 Å². The Bertz CT molecular complexity index is 1320. The molecule has 0 bridgehead atoms. The minimum Gasteiger partial charge on any atom is -0.369 e. The highest BCUT2D eigenvalue weighted by Crippen LogP contribution is 2.24. The topological polar surface area (TPSA) is 92.9 Å². The summed E-state index contributed by atoms with van der Waals surface area (Å²) >= 11 is 0. The highest BCUT2D eigenvalue weighted by Gasteiger charge is 2.18. The van der Waals surface area contributed by atoms with Crippen LogP contribution in [0, 0.1) is 6.92 Å². The number of aromatic nitrogens is 5. The maximum Gasteiger partial charge on any atom is 0.278 e. The number of nitrogens with zero attached hydrogens (tertiary/aromatic N) is 6. The van der Waals surface area contributed by atoms with Gasteiger partial charge in [0.05, 0.1) is 5.69 Å². The van der Waals surface area contributed by atoms with Gasteiger partial charge in [0.1, 0.15) is 11.3 Å². The first-order valence-electron chi connectivity index (χ1n) is 11.3. The van der Waals surface area contributed by atoms with E-state index in [0.29, 0.717) is 17.3 Å². The zero-order valence-corrected chi connectivity index (χ0v) is 19.1. The predicted molar refractivity (Wildman–Crippen MR) is 131 cm³/mol. The number of benzene rings is 1. The van der Waals surface area contributed by atoms with Crippen LogP contribution in [0.1, 0.15) is 25.6 Å². The van der Waals surface area contributed by atoms with E-state index < -0.39 is 0 Å². The third-order valence-electron chi connectivity index (χ3n) is 5.94. The highest BCUT2D eigenvalue weighted by molar-refractivity contribution is 5.81. The summed E-state index contributed by atoms with van der Waals surface area (Å²) in [5, 5.41) is 11.8. The molecule has 4 heterocycles. The lowest BCUT2D eigenvalue weighted by Gasteiger charge is -2.29. The number of pyridine rings is 1. The number of anilines is 3. The van der Waals surface area contributed by atoms with Gasteiger partial charge in [0, 0.05) is 61.4 Å². The summed E-state index contributed by atoms with van der Waals surface area (Å²) in [5.41, 5.74) is 3.86. The van der Waals surface area contributed by atoms with Crippen LogP contribution in [0.2, 0.25) is 0 Å². The Labute approximate surface area is 192 Å². The molecule has 2 N–H and O–H groups in total. The lowest BCUT2D eigenvalue weighted by atomic mass is 10.2. The number of aryl methyl sites for hydroxylation is 1. The lowest BCUT2D eigenvalue weighted by Crippen LogP contribution is -2.43. The average molecular weight is 445 g/mol. The predicted octanol–water partition coefficient (Wildman–Crippen LogP) is 3.02. The molecular formula is C24H28N8O. The second kappa shape index (κ2) is 8.67. The standard InChI is InChI=1S/C24H28N8O/c1-16(2)32-22-20(15-21(23(32)33)31-12-4-9-26-31)17(3)27-24(29-22)28-18-5-7-19(8-6-18)30-13-10-25-11-14-30/h4-9,12,15-16,25H,10-11,13-14H2,1-3H3,(H,27,28,29). The molecular weight excluding hydrogens is 416 g/mol. The average Bonchev–Trinajstić information content (AvgIpc) is 3.34. The number of hydrogen-bond acceptors (Lipinski definition) is 7. The first-order chi connectivity index (χ1) is 16.0. The van der Waals surface area contributed by atoms with Crippen molar-refractivity contribution in [2.45, 2.75) is 26.8 Å². The summed E-state index contributed by atoms with van der Waals surface area (Å²) in [7, 11) is 0. The van der Waals surface area contributed by atoms with Gasteiger partial charge in [-0.2, -0.15) is 10.1 Å². The highest BCUT2D eigenvalue weighted by atomic mass is 16.1. The normalized spacial score (nSPS) is 14.2. The molecule has 1 aromatic carbocycles. The molecule has 0 unspecified atom stereocenters. The van der Waals surface area contributed by atoms with Crippen LogP contribution in [0.25, 0.3) is 16.7 Å². The van der Waals surface area contributed by atoms with E-state index in [1.165, 1.54) is 5.69 Å². The molecule has 0 saturated carbocycles. The summed E-state index contributed by atoms with van der Waals surface area (Å²) in [6.07, 6.45) is 3.43. The molecule has 0 atom stereocenters. The Balaban J connectivity index is 1.51. The minimum atomic E-state index is -0.134. The van der Waals surface area contributed by atoms with Gasteiger partial charge in [-0.25, -0.2) is 9.67 Å². The Morgan fingerprint density at radius 2 is 1.85 bits per heavy atom. The van der Waals surface area contributed by atoms with Gasteiger partial charge < -0.3 is 15.5 Å². The largest absolute Gasteiger partial charge is 0.369 e. The van der Waals surface area contributed by atoms with E-state index in [1.807, 2.05) is 39.0 Å². The van der Waals surface area contributed by atoms with Crippen molar-refractivity contribution >= 4 is 28.4 Å². The van der Waals surface area contributed by atoms with Crippen LogP contribution >= 0.6 is 0 Å². The van der Waals surface area contributed by atoms with Gasteiger partial charge in [-0.15, -0.1) is 0 Å². The van der Waals surface area contributed by atoms with Gasteiger partial charge >= 0.3 is 0 Å². The molecule has 0 radical (unpaired) electrons. The number of fused-ring (bicyclic) bond motifs is 1. The summed E-state index contributed by atoms with van der Waals surface area (Å²) in [5.74, 6) is 0.468. The molecule has 1 saturated heterocycles. The molecule has 1 aliphatic heterocycles. The molecule has 0 amide bonds. The van der Waals surface area contributed by atoms with E-state index in [1.54, 1.807) is 27.7 Å². The van der Waals surface area contributed by atoms with E-state index in [-0.39, 0.29) is 11.6 Å². The van der Waals surface area contributed by atoms with E-state index in [0.717, 1.165) is 42.9 Å². The summed E-state index contributed by atoms with van der Waals surface area (Å²) in [4.78, 5) is 25.1. The van der Waals surface area contributed by atoms with Crippen molar-refractivity contribution in [2.75, 3.05) is 36.4 Å². The zero-order valence-electron chi connectivity index (χ0n) is 19.1. The molecule has 1 aliphatic rings. The van der Waals surface area contributed by atoms with Crippen LogP contribution < -0.4 is 21.1 Å². The van der Waals surface area contributed by atoms with Crippen molar-refractivity contribution in [1.29, 1.82) is 0 Å². The quantitative estimate of drug-likeness (QED) is 0.489. The summed E-state index contributed by atoms with van der Waals surface area (Å²) < 4.78 is 3.30. The molecule has 170 valence electrons. The van der Waals surface area contributed by atoms with Crippen LogP contribution in [0.15, 0.2) is 53.6 Å². The Hall–Kier alpha value is -3.72. The number of nitrogens with one attached hydrogen (secondary N) is 2. The first-order valence-corrected chi connectivity index (χ1v) is 11.3. The molecule has 0 spiro atoms. The molecule has 1 fully saturated rings. The molecule has 4 aromatic rings. The van der Waals surface area contributed by atoms with Crippen molar-refractivity contribution in [3.63, 3.8) is 0 Å². The number of piperazine rings is 1. The fraction of sp³-hybridized carbons (Fsp3) is 0.333. The van der Waals surface area contributed by atoms with E-state index >= 15 is 0 Å². The molecule has 5 rings (SSSR count). The minimum absolute atomic E-state index is 0.0732. The second-order valence-electron chi connectivity index (χ2n) is 8.53. The maximum atomic E-state index is 13.3. The molecule has 33 heavy (non-hydrogen) atoms. The van der Waals surface area contributed by atoms with E-state index in [4.69, 9.17) is 4.98 Å². The SMILES string of the molecule is Cc1nc(Nc2ccc(N3CCNCC3)cc2)nc2c1cc(-n1cccn1)c(=O)n2C(C)C. The van der Waals surface area contributed by atoms with Gasteiger partial charge in [0.15, 0.2) is 0 Å². The zero-order chi connectivity index (χ0) is 22.9. The van der Waals surface area contributed by atoms with Crippen molar-refractivity contribution in [1.82, 2.24) is 29.6 Å². The smallest absolute Gasteiger partial charge is 0.278 e. The van der Waals surface area contributed by atoms with Crippen LogP contribution in [0.5, 0.6) is 0 Å².